The minimum absolute atomic E-state index is 0.0132. The second kappa shape index (κ2) is 9.00. The number of aromatic nitrogens is 3. The number of benzene rings is 1. The molecule has 2 heterocycles. The summed E-state index contributed by atoms with van der Waals surface area (Å²) < 4.78 is 20.6. The Morgan fingerprint density at radius 3 is 3.08 bits per heavy atom. The van der Waals surface area contributed by atoms with E-state index in [9.17, 15) is 14.0 Å². The Labute approximate surface area is 154 Å². The number of ether oxygens (including phenoxy) is 1. The van der Waals surface area contributed by atoms with Crippen LogP contribution in [0.15, 0.2) is 34.2 Å². The molecule has 1 fully saturated rings. The van der Waals surface area contributed by atoms with Gasteiger partial charge in [0.15, 0.2) is 5.16 Å². The first-order valence-electron chi connectivity index (χ1n) is 8.53. The van der Waals surface area contributed by atoms with E-state index in [1.165, 1.54) is 22.4 Å². The second-order valence-electron chi connectivity index (χ2n) is 6.04. The zero-order valence-electron chi connectivity index (χ0n) is 14.2. The molecular weight excluding hydrogens is 359 g/mol. The molecule has 9 heteroatoms. The standard InChI is InChI=1S/C17H21FN4O3S/c18-14-6-2-1-4-12(14)7-8-19-15(23)11-26-17-21-20-16(24)22(17)10-13-5-3-9-25-13/h1-2,4,6,13H,3,5,7-11H2,(H,19,23)(H,20,24)/t13-/m0/s1. The van der Waals surface area contributed by atoms with Gasteiger partial charge in [0.25, 0.3) is 0 Å². The third-order valence-electron chi connectivity index (χ3n) is 4.14. The quantitative estimate of drug-likeness (QED) is 0.675. The lowest BCUT2D eigenvalue weighted by Gasteiger charge is -2.11. The summed E-state index contributed by atoms with van der Waals surface area (Å²) in [5.41, 5.74) is 0.265. The van der Waals surface area contributed by atoms with E-state index < -0.39 is 0 Å². The topological polar surface area (TPSA) is 89.0 Å². The van der Waals surface area contributed by atoms with Gasteiger partial charge in [-0.15, -0.1) is 5.10 Å². The highest BCUT2D eigenvalue weighted by molar-refractivity contribution is 7.99. The number of carbonyl (C=O) groups is 1. The number of rotatable bonds is 8. The van der Waals surface area contributed by atoms with Crippen LogP contribution in [0.1, 0.15) is 18.4 Å². The summed E-state index contributed by atoms with van der Waals surface area (Å²) in [6.07, 6.45) is 2.34. The Morgan fingerprint density at radius 1 is 1.46 bits per heavy atom. The van der Waals surface area contributed by atoms with Gasteiger partial charge in [0, 0.05) is 13.2 Å². The Hall–Kier alpha value is -2.13. The first-order valence-corrected chi connectivity index (χ1v) is 9.52. The summed E-state index contributed by atoms with van der Waals surface area (Å²) >= 11 is 1.19. The van der Waals surface area contributed by atoms with Crippen LogP contribution in [0.4, 0.5) is 4.39 Å². The maximum absolute atomic E-state index is 13.5. The van der Waals surface area contributed by atoms with Crippen molar-refractivity contribution in [2.45, 2.75) is 37.1 Å². The first-order chi connectivity index (χ1) is 12.6. The number of hydrogen-bond acceptors (Lipinski definition) is 5. The van der Waals surface area contributed by atoms with Gasteiger partial charge in [-0.05, 0) is 30.9 Å². The van der Waals surface area contributed by atoms with E-state index in [0.717, 1.165) is 12.8 Å². The number of halogens is 1. The molecule has 0 unspecified atom stereocenters. The van der Waals surface area contributed by atoms with E-state index in [2.05, 4.69) is 15.5 Å². The van der Waals surface area contributed by atoms with Crippen LogP contribution in [0, 0.1) is 5.82 Å². The summed E-state index contributed by atoms with van der Waals surface area (Å²) in [5, 5.41) is 9.60. The molecule has 1 aromatic heterocycles. The van der Waals surface area contributed by atoms with E-state index in [4.69, 9.17) is 4.74 Å². The van der Waals surface area contributed by atoms with Gasteiger partial charge in [-0.2, -0.15) is 0 Å². The highest BCUT2D eigenvalue weighted by Crippen LogP contribution is 2.17. The largest absolute Gasteiger partial charge is 0.376 e. The van der Waals surface area contributed by atoms with Gasteiger partial charge in [-0.25, -0.2) is 14.3 Å². The third kappa shape index (κ3) is 4.95. The summed E-state index contributed by atoms with van der Waals surface area (Å²) in [7, 11) is 0. The molecule has 1 atom stereocenters. The molecule has 2 aromatic rings. The number of amides is 1. The molecule has 0 radical (unpaired) electrons. The lowest BCUT2D eigenvalue weighted by atomic mass is 10.1. The summed E-state index contributed by atoms with van der Waals surface area (Å²) in [6, 6.07) is 6.50. The first kappa shape index (κ1) is 18.7. The molecule has 3 rings (SSSR count). The molecular formula is C17H21FN4O3S. The number of thioether (sulfide) groups is 1. The molecule has 140 valence electrons. The number of nitrogens with one attached hydrogen (secondary N) is 2. The number of hydrogen-bond donors (Lipinski definition) is 2. The summed E-state index contributed by atoms with van der Waals surface area (Å²) in [4.78, 5) is 23.9. The van der Waals surface area contributed by atoms with Crippen molar-refractivity contribution in [3.63, 3.8) is 0 Å². The van der Waals surface area contributed by atoms with Crippen molar-refractivity contribution in [1.82, 2.24) is 20.1 Å². The molecule has 0 bridgehead atoms. The third-order valence-corrected chi connectivity index (χ3v) is 5.12. The van der Waals surface area contributed by atoms with Gasteiger partial charge >= 0.3 is 5.69 Å². The molecule has 2 N–H and O–H groups in total. The van der Waals surface area contributed by atoms with E-state index in [1.54, 1.807) is 18.2 Å². The van der Waals surface area contributed by atoms with Gasteiger partial charge in [-0.1, -0.05) is 30.0 Å². The smallest absolute Gasteiger partial charge is 0.344 e. The van der Waals surface area contributed by atoms with E-state index in [1.807, 2.05) is 0 Å². The Balaban J connectivity index is 1.46. The SMILES string of the molecule is O=C(CSc1n[nH]c(=O)n1C[C@@H]1CCCO1)NCCc1ccccc1F. The predicted molar refractivity (Wildman–Crippen MR) is 95.7 cm³/mol. The van der Waals surface area contributed by atoms with Gasteiger partial charge in [0.2, 0.25) is 5.91 Å². The van der Waals surface area contributed by atoms with Crippen molar-refractivity contribution in [2.75, 3.05) is 18.9 Å². The Bertz CT molecular complexity index is 801. The number of H-pyrrole nitrogens is 1. The lowest BCUT2D eigenvalue weighted by molar-refractivity contribution is -0.118. The Kier molecular flexibility index (Phi) is 6.45. The highest BCUT2D eigenvalue weighted by atomic mass is 32.2. The molecule has 0 saturated carbocycles. The van der Waals surface area contributed by atoms with Crippen LogP contribution < -0.4 is 11.0 Å². The van der Waals surface area contributed by atoms with Crippen LogP contribution in [0.25, 0.3) is 0 Å². The maximum atomic E-state index is 13.5. The van der Waals surface area contributed by atoms with Crippen molar-refractivity contribution in [3.8, 4) is 0 Å². The average Bonchev–Trinajstić information content (AvgIpc) is 3.26. The van der Waals surface area contributed by atoms with Crippen molar-refractivity contribution in [3.05, 3.63) is 46.1 Å². The van der Waals surface area contributed by atoms with Crippen molar-refractivity contribution >= 4 is 17.7 Å². The van der Waals surface area contributed by atoms with Crippen LogP contribution in [0.2, 0.25) is 0 Å². The predicted octanol–water partition coefficient (Wildman–Crippen LogP) is 1.34. The molecule has 1 aliphatic heterocycles. The molecule has 1 aliphatic rings. The number of nitrogens with zero attached hydrogens (tertiary/aromatic N) is 2. The normalized spacial score (nSPS) is 16.7. The lowest BCUT2D eigenvalue weighted by Crippen LogP contribution is -2.28. The number of carbonyl (C=O) groups excluding carboxylic acids is 1. The van der Waals surface area contributed by atoms with Crippen LogP contribution in [-0.2, 0) is 22.5 Å². The summed E-state index contributed by atoms with van der Waals surface area (Å²) in [6.45, 7) is 1.50. The molecule has 1 saturated heterocycles. The van der Waals surface area contributed by atoms with E-state index in [-0.39, 0.29) is 29.3 Å². The van der Waals surface area contributed by atoms with Crippen molar-refractivity contribution in [2.24, 2.45) is 0 Å². The van der Waals surface area contributed by atoms with Crippen molar-refractivity contribution in [1.29, 1.82) is 0 Å². The summed E-state index contributed by atoms with van der Waals surface area (Å²) in [5.74, 6) is -0.330. The number of aromatic amines is 1. The zero-order chi connectivity index (χ0) is 18.4. The molecule has 0 spiro atoms. The van der Waals surface area contributed by atoms with E-state index >= 15 is 0 Å². The van der Waals surface area contributed by atoms with Crippen molar-refractivity contribution < 1.29 is 13.9 Å². The fourth-order valence-corrected chi connectivity index (χ4v) is 3.57. The molecule has 0 aliphatic carbocycles. The van der Waals surface area contributed by atoms with Crippen LogP contribution in [0.3, 0.4) is 0 Å². The van der Waals surface area contributed by atoms with Gasteiger partial charge in [-0.3, -0.25) is 9.36 Å². The van der Waals surface area contributed by atoms with Crippen LogP contribution in [-0.4, -0.2) is 45.7 Å². The fraction of sp³-hybridized carbons (Fsp3) is 0.471. The molecule has 7 nitrogen and oxygen atoms in total. The minimum atomic E-state index is -0.303. The maximum Gasteiger partial charge on any atom is 0.344 e. The van der Waals surface area contributed by atoms with Gasteiger partial charge in [0.05, 0.1) is 18.4 Å². The average molecular weight is 380 g/mol. The molecule has 26 heavy (non-hydrogen) atoms. The van der Waals surface area contributed by atoms with Crippen LogP contribution in [0.5, 0.6) is 0 Å². The highest BCUT2D eigenvalue weighted by Gasteiger charge is 2.20. The van der Waals surface area contributed by atoms with Gasteiger partial charge < -0.3 is 10.1 Å². The van der Waals surface area contributed by atoms with E-state index in [0.29, 0.717) is 36.8 Å². The fourth-order valence-electron chi connectivity index (χ4n) is 2.79. The monoisotopic (exact) mass is 380 g/mol. The minimum Gasteiger partial charge on any atom is -0.376 e. The zero-order valence-corrected chi connectivity index (χ0v) is 15.1. The molecule has 1 aromatic carbocycles. The van der Waals surface area contributed by atoms with Gasteiger partial charge in [0.1, 0.15) is 5.82 Å². The van der Waals surface area contributed by atoms with Crippen LogP contribution >= 0.6 is 11.8 Å². The second-order valence-corrected chi connectivity index (χ2v) is 6.98. The Morgan fingerprint density at radius 2 is 2.31 bits per heavy atom. The molecule has 1 amide bonds.